The molecule has 3 N–H and O–H groups in total. The molecular weight excluding hydrogens is 555 g/mol. The fraction of sp³-hybridized carbons (Fsp3) is 0.531. The monoisotopic (exact) mass is 596 g/mol. The minimum Gasteiger partial charge on any atom is -0.493 e. The zero-order valence-corrected chi connectivity index (χ0v) is 24.7. The van der Waals surface area contributed by atoms with Gasteiger partial charge < -0.3 is 30.2 Å². The number of hydrogen-bond acceptors (Lipinski definition) is 7. The number of likely N-dealkylation sites (tertiary alicyclic amines) is 1. The van der Waals surface area contributed by atoms with Crippen molar-refractivity contribution in [2.75, 3.05) is 33.4 Å². The highest BCUT2D eigenvalue weighted by atomic mass is 19.1. The maximum Gasteiger partial charge on any atom is 0.258 e. The van der Waals surface area contributed by atoms with Crippen molar-refractivity contribution in [1.29, 1.82) is 0 Å². The fourth-order valence-corrected chi connectivity index (χ4v) is 6.04. The number of hydrogen-bond donors (Lipinski definition) is 3. The lowest BCUT2D eigenvalue weighted by Crippen LogP contribution is -2.59. The maximum atomic E-state index is 14.6. The Balaban J connectivity index is 1.33. The highest BCUT2D eigenvalue weighted by molar-refractivity contribution is 5.79. The molecule has 2 heterocycles. The number of halogens is 1. The average molecular weight is 597 g/mol. The van der Waals surface area contributed by atoms with E-state index in [1.807, 2.05) is 11.0 Å². The quantitative estimate of drug-likeness (QED) is 0.497. The molecule has 2 aromatic rings. The maximum absolute atomic E-state index is 14.6. The Hall–Kier alpha value is -3.86. The molecule has 2 fully saturated rings. The van der Waals surface area contributed by atoms with Crippen LogP contribution in [0.5, 0.6) is 17.2 Å². The van der Waals surface area contributed by atoms with Crippen LogP contribution in [-0.2, 0) is 27.3 Å². The van der Waals surface area contributed by atoms with Crippen molar-refractivity contribution in [3.05, 3.63) is 53.3 Å². The van der Waals surface area contributed by atoms with Gasteiger partial charge in [0.1, 0.15) is 17.7 Å². The number of rotatable bonds is 4. The molecule has 3 amide bonds. The molecule has 1 aliphatic carbocycles. The standard InChI is InChI=1S/C32H41FN4O6/c1-41-28-9-7-21-8-10-30(38)34-17-22-13-23(33)16-25(14-22)43-27-11-12-37(19-31(39)35-24-5-3-2-4-6-24)18-26(27)36-32(40)20-42-29(28)15-21/h7,9,13-16,24,26-27H,2-6,8,10-12,17-20H2,1H3,(H,34,38)(H,35,39)(H,36,40)/t26-,27-/m1/s1. The van der Waals surface area contributed by atoms with Gasteiger partial charge in [0.15, 0.2) is 18.1 Å². The van der Waals surface area contributed by atoms with Gasteiger partial charge in [0.25, 0.3) is 5.91 Å². The zero-order valence-electron chi connectivity index (χ0n) is 24.7. The summed E-state index contributed by atoms with van der Waals surface area (Å²) in [7, 11) is 1.52. The molecule has 2 aromatic carbocycles. The summed E-state index contributed by atoms with van der Waals surface area (Å²) < 4.78 is 32.1. The van der Waals surface area contributed by atoms with Gasteiger partial charge in [-0.3, -0.25) is 19.3 Å². The van der Waals surface area contributed by atoms with Crippen LogP contribution in [0.3, 0.4) is 0 Å². The summed E-state index contributed by atoms with van der Waals surface area (Å²) >= 11 is 0. The highest BCUT2D eigenvalue weighted by Gasteiger charge is 2.33. The van der Waals surface area contributed by atoms with Gasteiger partial charge in [0.2, 0.25) is 11.8 Å². The lowest BCUT2D eigenvalue weighted by molar-refractivity contribution is -0.126. The molecule has 43 heavy (non-hydrogen) atoms. The summed E-state index contributed by atoms with van der Waals surface area (Å²) in [5.74, 6) is 0.154. The van der Waals surface area contributed by atoms with Gasteiger partial charge in [-0.05, 0) is 61.1 Å². The minimum absolute atomic E-state index is 0.0232. The molecule has 0 aromatic heterocycles. The number of aryl methyl sites for hydroxylation is 1. The van der Waals surface area contributed by atoms with E-state index in [-0.39, 0.29) is 49.9 Å². The van der Waals surface area contributed by atoms with Crippen LogP contribution in [0.4, 0.5) is 4.39 Å². The van der Waals surface area contributed by atoms with E-state index in [0.29, 0.717) is 48.7 Å². The van der Waals surface area contributed by atoms with Crippen LogP contribution in [0.15, 0.2) is 36.4 Å². The molecule has 2 atom stereocenters. The summed E-state index contributed by atoms with van der Waals surface area (Å²) in [6, 6.07) is 9.46. The van der Waals surface area contributed by atoms with Crippen LogP contribution in [-0.4, -0.2) is 74.2 Å². The molecule has 3 aliphatic rings. The van der Waals surface area contributed by atoms with Gasteiger partial charge in [-0.15, -0.1) is 0 Å². The number of methoxy groups -OCH3 is 1. The summed E-state index contributed by atoms with van der Waals surface area (Å²) in [6.45, 7) is 1.06. The number of benzene rings is 2. The second-order valence-corrected chi connectivity index (χ2v) is 11.6. The molecule has 1 saturated carbocycles. The Labute approximate surface area is 251 Å². The van der Waals surface area contributed by atoms with E-state index in [0.717, 1.165) is 31.2 Å². The van der Waals surface area contributed by atoms with Crippen LogP contribution in [0.25, 0.3) is 0 Å². The predicted molar refractivity (Wildman–Crippen MR) is 157 cm³/mol. The number of nitrogens with one attached hydrogen (secondary N) is 3. The van der Waals surface area contributed by atoms with Crippen LogP contribution < -0.4 is 30.2 Å². The normalized spacial score (nSPS) is 22.4. The van der Waals surface area contributed by atoms with Crippen LogP contribution in [0.2, 0.25) is 0 Å². The van der Waals surface area contributed by atoms with Crippen LogP contribution >= 0.6 is 0 Å². The van der Waals surface area contributed by atoms with Crippen molar-refractivity contribution < 1.29 is 33.0 Å². The van der Waals surface area contributed by atoms with Crippen LogP contribution in [0.1, 0.15) is 56.1 Å². The van der Waals surface area contributed by atoms with Crippen molar-refractivity contribution in [3.8, 4) is 17.2 Å². The molecule has 232 valence electrons. The second-order valence-electron chi connectivity index (χ2n) is 11.6. The summed E-state index contributed by atoms with van der Waals surface area (Å²) in [6.07, 6.45) is 6.21. The van der Waals surface area contributed by atoms with E-state index in [4.69, 9.17) is 14.2 Å². The number of amides is 3. The molecule has 4 bridgehead atoms. The van der Waals surface area contributed by atoms with Crippen molar-refractivity contribution in [3.63, 3.8) is 0 Å². The van der Waals surface area contributed by atoms with Crippen molar-refractivity contribution >= 4 is 17.7 Å². The first-order valence-electron chi connectivity index (χ1n) is 15.2. The third kappa shape index (κ3) is 8.82. The number of ether oxygens (including phenoxy) is 3. The number of piperidine rings is 1. The van der Waals surface area contributed by atoms with Gasteiger partial charge in [-0.25, -0.2) is 4.39 Å². The summed E-state index contributed by atoms with van der Waals surface area (Å²) in [5.41, 5.74) is 1.42. The van der Waals surface area contributed by atoms with E-state index in [9.17, 15) is 18.8 Å². The lowest BCUT2D eigenvalue weighted by atomic mass is 9.95. The lowest BCUT2D eigenvalue weighted by Gasteiger charge is -2.38. The number of carbonyl (C=O) groups excluding carboxylic acids is 3. The third-order valence-electron chi connectivity index (χ3n) is 8.25. The second kappa shape index (κ2) is 14.5. The van der Waals surface area contributed by atoms with E-state index in [2.05, 4.69) is 16.0 Å². The molecule has 0 spiro atoms. The van der Waals surface area contributed by atoms with Gasteiger partial charge in [0, 0.05) is 38.2 Å². The topological polar surface area (TPSA) is 118 Å². The molecule has 1 saturated heterocycles. The molecular formula is C32H41FN4O6. The van der Waals surface area contributed by atoms with Gasteiger partial charge in [-0.1, -0.05) is 25.3 Å². The third-order valence-corrected chi connectivity index (χ3v) is 8.25. The number of carbonyl (C=O) groups is 3. The summed E-state index contributed by atoms with van der Waals surface area (Å²) in [4.78, 5) is 40.5. The van der Waals surface area contributed by atoms with E-state index in [1.54, 1.807) is 18.2 Å². The largest absolute Gasteiger partial charge is 0.493 e. The fourth-order valence-electron chi connectivity index (χ4n) is 6.04. The molecule has 11 heteroatoms. The van der Waals surface area contributed by atoms with Gasteiger partial charge in [-0.2, -0.15) is 0 Å². The van der Waals surface area contributed by atoms with E-state index in [1.165, 1.54) is 25.7 Å². The number of fused-ring (bicyclic) bond motifs is 5. The van der Waals surface area contributed by atoms with Gasteiger partial charge >= 0.3 is 0 Å². The SMILES string of the molecule is COc1ccc2cc1OCC(=O)N[C@@H]1CN(CC(=O)NC3CCCCC3)CC[C@H]1Oc1cc(F)cc(c1)CNC(=O)CC2. The first kappa shape index (κ1) is 30.6. The van der Waals surface area contributed by atoms with E-state index >= 15 is 0 Å². The molecule has 0 radical (unpaired) electrons. The summed E-state index contributed by atoms with van der Waals surface area (Å²) in [5, 5.41) is 9.04. The van der Waals surface area contributed by atoms with Crippen molar-refractivity contribution in [1.82, 2.24) is 20.9 Å². The minimum atomic E-state index is -0.481. The molecule has 2 aliphatic heterocycles. The highest BCUT2D eigenvalue weighted by Crippen LogP contribution is 2.29. The number of nitrogens with zero attached hydrogens (tertiary/aromatic N) is 1. The van der Waals surface area contributed by atoms with Gasteiger partial charge in [0.05, 0.1) is 19.7 Å². The molecule has 5 rings (SSSR count). The Morgan fingerprint density at radius 3 is 2.70 bits per heavy atom. The molecule has 10 nitrogen and oxygen atoms in total. The Morgan fingerprint density at radius 2 is 1.88 bits per heavy atom. The first-order valence-corrected chi connectivity index (χ1v) is 15.2. The van der Waals surface area contributed by atoms with Crippen molar-refractivity contribution in [2.24, 2.45) is 0 Å². The molecule has 0 unspecified atom stereocenters. The zero-order chi connectivity index (χ0) is 30.2. The Morgan fingerprint density at radius 1 is 1.05 bits per heavy atom. The van der Waals surface area contributed by atoms with Crippen LogP contribution in [0, 0.1) is 5.82 Å². The Bertz CT molecular complexity index is 1300. The predicted octanol–water partition coefficient (Wildman–Crippen LogP) is 2.86. The van der Waals surface area contributed by atoms with Crippen molar-refractivity contribution in [2.45, 2.75) is 76.1 Å². The first-order chi connectivity index (χ1) is 20.8. The smallest absolute Gasteiger partial charge is 0.258 e. The average Bonchev–Trinajstić information content (AvgIpc) is 2.99. The Kier molecular flexibility index (Phi) is 10.3. The van der Waals surface area contributed by atoms with E-state index < -0.39 is 18.0 Å².